The maximum atomic E-state index is 12.0. The summed E-state index contributed by atoms with van der Waals surface area (Å²) in [5.41, 5.74) is 1.43. The lowest BCUT2D eigenvalue weighted by Gasteiger charge is -2.11. The van der Waals surface area contributed by atoms with Gasteiger partial charge in [0.2, 0.25) is 5.91 Å². The van der Waals surface area contributed by atoms with Gasteiger partial charge in [-0.3, -0.25) is 4.79 Å². The quantitative estimate of drug-likeness (QED) is 0.911. The van der Waals surface area contributed by atoms with Gasteiger partial charge >= 0.3 is 0 Å². The molecule has 1 atom stereocenters. The van der Waals surface area contributed by atoms with Gasteiger partial charge in [0.15, 0.2) is 11.0 Å². The molecule has 0 radical (unpaired) electrons. The van der Waals surface area contributed by atoms with E-state index < -0.39 is 0 Å². The van der Waals surface area contributed by atoms with Crippen LogP contribution in [0.3, 0.4) is 0 Å². The molecule has 1 unspecified atom stereocenters. The fourth-order valence-electron chi connectivity index (χ4n) is 2.40. The van der Waals surface area contributed by atoms with Gasteiger partial charge in [0.25, 0.3) is 0 Å². The van der Waals surface area contributed by atoms with Crippen molar-refractivity contribution in [2.24, 2.45) is 0 Å². The third-order valence-electron chi connectivity index (χ3n) is 3.38. The predicted molar refractivity (Wildman–Crippen MR) is 78.8 cm³/mol. The molecular formula is C14H15ClN4O. The zero-order valence-electron chi connectivity index (χ0n) is 10.9. The van der Waals surface area contributed by atoms with Crippen LogP contribution in [0.5, 0.6) is 0 Å². The first-order chi connectivity index (χ1) is 9.72. The van der Waals surface area contributed by atoms with E-state index in [9.17, 15) is 4.79 Å². The van der Waals surface area contributed by atoms with E-state index in [4.69, 9.17) is 11.6 Å². The van der Waals surface area contributed by atoms with Gasteiger partial charge in [-0.05, 0) is 31.5 Å². The molecule has 0 bridgehead atoms. The van der Waals surface area contributed by atoms with Crippen molar-refractivity contribution in [1.82, 2.24) is 15.3 Å². The van der Waals surface area contributed by atoms with E-state index >= 15 is 0 Å². The molecule has 104 valence electrons. The van der Waals surface area contributed by atoms with Crippen LogP contribution < -0.4 is 10.6 Å². The monoisotopic (exact) mass is 290 g/mol. The van der Waals surface area contributed by atoms with Gasteiger partial charge in [-0.1, -0.05) is 23.7 Å². The van der Waals surface area contributed by atoms with Gasteiger partial charge in [0.1, 0.15) is 0 Å². The average Bonchev–Trinajstić information content (AvgIpc) is 2.92. The fraction of sp³-hybridized carbons (Fsp3) is 0.357. The topological polar surface area (TPSA) is 66.9 Å². The minimum Gasteiger partial charge on any atom is -0.313 e. The molecule has 2 N–H and O–H groups in total. The number of benzene rings is 1. The Bertz CT molecular complexity index is 640. The summed E-state index contributed by atoms with van der Waals surface area (Å²) in [4.78, 5) is 20.6. The van der Waals surface area contributed by atoms with Gasteiger partial charge in [-0.2, -0.15) is 0 Å². The van der Waals surface area contributed by atoms with Gasteiger partial charge in [0, 0.05) is 12.5 Å². The number of para-hydroxylation sites is 2. The first kappa shape index (κ1) is 13.3. The summed E-state index contributed by atoms with van der Waals surface area (Å²) in [6.45, 7) is 0.981. The Balaban J connectivity index is 1.76. The van der Waals surface area contributed by atoms with E-state index in [0.29, 0.717) is 23.3 Å². The van der Waals surface area contributed by atoms with Crippen molar-refractivity contribution < 1.29 is 4.79 Å². The van der Waals surface area contributed by atoms with E-state index in [2.05, 4.69) is 20.6 Å². The van der Waals surface area contributed by atoms with Crippen LogP contribution in [0.1, 0.15) is 19.3 Å². The van der Waals surface area contributed by atoms with Crippen molar-refractivity contribution in [2.45, 2.75) is 25.3 Å². The van der Waals surface area contributed by atoms with Crippen molar-refractivity contribution >= 4 is 34.4 Å². The van der Waals surface area contributed by atoms with E-state index in [0.717, 1.165) is 19.4 Å². The van der Waals surface area contributed by atoms with E-state index in [1.54, 1.807) is 0 Å². The highest BCUT2D eigenvalue weighted by Gasteiger charge is 2.18. The number of fused-ring (bicyclic) bond motifs is 1. The highest BCUT2D eigenvalue weighted by atomic mass is 35.5. The molecule has 1 amide bonds. The third-order valence-corrected chi connectivity index (χ3v) is 3.64. The maximum Gasteiger partial charge on any atom is 0.227 e. The molecule has 0 spiro atoms. The van der Waals surface area contributed by atoms with Crippen LogP contribution in [0.15, 0.2) is 24.3 Å². The molecule has 3 rings (SSSR count). The zero-order valence-corrected chi connectivity index (χ0v) is 11.7. The van der Waals surface area contributed by atoms with Crippen molar-refractivity contribution in [1.29, 1.82) is 0 Å². The second kappa shape index (κ2) is 5.73. The van der Waals surface area contributed by atoms with Crippen molar-refractivity contribution in [3.63, 3.8) is 0 Å². The van der Waals surface area contributed by atoms with Crippen LogP contribution in [0.25, 0.3) is 11.0 Å². The number of rotatable bonds is 3. The second-order valence-electron chi connectivity index (χ2n) is 4.90. The van der Waals surface area contributed by atoms with E-state index in [-0.39, 0.29) is 17.1 Å². The molecule has 20 heavy (non-hydrogen) atoms. The summed E-state index contributed by atoms with van der Waals surface area (Å²) in [6, 6.07) is 7.67. The number of halogens is 1. The summed E-state index contributed by atoms with van der Waals surface area (Å²) in [5, 5.41) is 6.25. The van der Waals surface area contributed by atoms with Gasteiger partial charge < -0.3 is 10.6 Å². The molecule has 6 heteroatoms. The summed E-state index contributed by atoms with van der Waals surface area (Å²) in [6.07, 6.45) is 2.59. The summed E-state index contributed by atoms with van der Waals surface area (Å²) >= 11 is 6.06. The van der Waals surface area contributed by atoms with Gasteiger partial charge in [0.05, 0.1) is 11.0 Å². The number of carbonyl (C=O) groups is 1. The summed E-state index contributed by atoms with van der Waals surface area (Å²) in [7, 11) is 0. The van der Waals surface area contributed by atoms with Gasteiger partial charge in [-0.15, -0.1) is 0 Å². The molecule has 1 aromatic carbocycles. The molecular weight excluding hydrogens is 276 g/mol. The third kappa shape index (κ3) is 2.89. The number of aromatic nitrogens is 2. The smallest absolute Gasteiger partial charge is 0.227 e. The Morgan fingerprint density at radius 1 is 1.35 bits per heavy atom. The predicted octanol–water partition coefficient (Wildman–Crippen LogP) is 2.36. The first-order valence-electron chi connectivity index (χ1n) is 6.68. The van der Waals surface area contributed by atoms with E-state index in [1.165, 1.54) is 0 Å². The molecule has 1 aromatic heterocycles. The largest absolute Gasteiger partial charge is 0.313 e. The molecule has 0 saturated carbocycles. The standard InChI is InChI=1S/C14H15ClN4O/c15-13-14(18-11-6-2-1-5-10(11)17-13)19-12(20)8-9-4-3-7-16-9/h1-2,5-6,9,16H,3-4,7-8H2,(H,18,19,20). The van der Waals surface area contributed by atoms with Crippen molar-refractivity contribution in [3.05, 3.63) is 29.4 Å². The molecule has 0 aliphatic carbocycles. The number of nitrogens with zero attached hydrogens (tertiary/aromatic N) is 2. The maximum absolute atomic E-state index is 12.0. The van der Waals surface area contributed by atoms with Crippen LogP contribution in [-0.4, -0.2) is 28.5 Å². The minimum absolute atomic E-state index is 0.0871. The molecule has 2 aromatic rings. The van der Waals surface area contributed by atoms with Crippen LogP contribution >= 0.6 is 11.6 Å². The summed E-state index contributed by atoms with van der Waals surface area (Å²) in [5.74, 6) is 0.240. The molecule has 1 aliphatic rings. The average molecular weight is 291 g/mol. The highest BCUT2D eigenvalue weighted by molar-refractivity contribution is 6.32. The number of hydrogen-bond acceptors (Lipinski definition) is 4. The molecule has 1 aliphatic heterocycles. The lowest BCUT2D eigenvalue weighted by molar-refractivity contribution is -0.116. The number of amides is 1. The number of nitrogens with one attached hydrogen (secondary N) is 2. The Hall–Kier alpha value is -1.72. The Kier molecular flexibility index (Phi) is 3.80. The van der Waals surface area contributed by atoms with Crippen molar-refractivity contribution in [2.75, 3.05) is 11.9 Å². The normalized spacial score (nSPS) is 18.4. The number of carbonyl (C=O) groups excluding carboxylic acids is 1. The molecule has 5 nitrogen and oxygen atoms in total. The Morgan fingerprint density at radius 3 is 2.80 bits per heavy atom. The minimum atomic E-state index is -0.0871. The second-order valence-corrected chi connectivity index (χ2v) is 5.26. The molecule has 1 fully saturated rings. The Morgan fingerprint density at radius 2 is 2.10 bits per heavy atom. The first-order valence-corrected chi connectivity index (χ1v) is 7.06. The van der Waals surface area contributed by atoms with E-state index in [1.807, 2.05) is 24.3 Å². The highest BCUT2D eigenvalue weighted by Crippen LogP contribution is 2.21. The SMILES string of the molecule is O=C(CC1CCCN1)Nc1nc2ccccc2nc1Cl. The lowest BCUT2D eigenvalue weighted by Crippen LogP contribution is -2.27. The van der Waals surface area contributed by atoms with Crippen LogP contribution in [-0.2, 0) is 4.79 Å². The van der Waals surface area contributed by atoms with Crippen molar-refractivity contribution in [3.8, 4) is 0 Å². The Labute approximate surface area is 121 Å². The molecule has 2 heterocycles. The zero-order chi connectivity index (χ0) is 13.9. The fourth-order valence-corrected chi connectivity index (χ4v) is 2.58. The number of anilines is 1. The van der Waals surface area contributed by atoms with Crippen LogP contribution in [0, 0.1) is 0 Å². The number of hydrogen-bond donors (Lipinski definition) is 2. The summed E-state index contributed by atoms with van der Waals surface area (Å²) < 4.78 is 0. The lowest BCUT2D eigenvalue weighted by atomic mass is 10.1. The molecule has 1 saturated heterocycles. The van der Waals surface area contributed by atoms with Crippen LogP contribution in [0.2, 0.25) is 5.15 Å². The van der Waals surface area contributed by atoms with Crippen LogP contribution in [0.4, 0.5) is 5.82 Å². The van der Waals surface area contributed by atoms with Gasteiger partial charge in [-0.25, -0.2) is 9.97 Å².